The molecule has 2 rings (SSSR count). The minimum Gasteiger partial charge on any atom is -0.495 e. The average molecular weight is 291 g/mol. The number of anilines is 1. The highest BCUT2D eigenvalue weighted by molar-refractivity contribution is 5.83. The number of ether oxygens (including phenoxy) is 1. The van der Waals surface area contributed by atoms with Crippen molar-refractivity contribution in [1.29, 1.82) is 0 Å². The van der Waals surface area contributed by atoms with Crippen LogP contribution in [0.2, 0.25) is 0 Å². The van der Waals surface area contributed by atoms with Crippen LogP contribution in [0.4, 0.5) is 5.69 Å². The van der Waals surface area contributed by atoms with Crippen LogP contribution in [0.25, 0.3) is 0 Å². The Morgan fingerprint density at radius 2 is 1.81 bits per heavy atom. The number of benzene rings is 1. The number of methoxy groups -OCH3 is 1. The van der Waals surface area contributed by atoms with Crippen LogP contribution in [-0.4, -0.2) is 50.0 Å². The van der Waals surface area contributed by atoms with Gasteiger partial charge in [-0.25, -0.2) is 0 Å². The first-order valence-corrected chi connectivity index (χ1v) is 7.06. The second-order valence-electron chi connectivity index (χ2n) is 5.01. The summed E-state index contributed by atoms with van der Waals surface area (Å²) in [6, 6.07) is 7.86. The normalized spacial score (nSPS) is 14.9. The third-order valence-electron chi connectivity index (χ3n) is 3.64. The quantitative estimate of drug-likeness (QED) is 0.862. The Morgan fingerprint density at radius 1 is 1.14 bits per heavy atom. The maximum atomic E-state index is 11.9. The Labute approximate surface area is 124 Å². The minimum atomic E-state index is -0.434. The van der Waals surface area contributed by atoms with Crippen LogP contribution in [0.1, 0.15) is 12.8 Å². The molecule has 1 aromatic carbocycles. The van der Waals surface area contributed by atoms with Gasteiger partial charge in [0.2, 0.25) is 11.8 Å². The molecule has 6 heteroatoms. The van der Waals surface area contributed by atoms with E-state index in [0.29, 0.717) is 13.1 Å². The van der Waals surface area contributed by atoms with Gasteiger partial charge in [0, 0.05) is 39.0 Å². The molecular weight excluding hydrogens is 270 g/mol. The zero-order valence-electron chi connectivity index (χ0n) is 12.2. The lowest BCUT2D eigenvalue weighted by Crippen LogP contribution is -2.49. The van der Waals surface area contributed by atoms with Crippen LogP contribution in [0, 0.1) is 0 Å². The predicted molar refractivity (Wildman–Crippen MR) is 80.2 cm³/mol. The molecule has 0 aromatic heterocycles. The molecule has 0 saturated carbocycles. The molecule has 1 aliphatic rings. The molecule has 0 aliphatic carbocycles. The number of carbonyl (C=O) groups is 2. The van der Waals surface area contributed by atoms with Gasteiger partial charge in [-0.15, -0.1) is 0 Å². The lowest BCUT2D eigenvalue weighted by molar-refractivity contribution is -0.133. The van der Waals surface area contributed by atoms with E-state index in [1.54, 1.807) is 12.0 Å². The Kier molecular flexibility index (Phi) is 5.03. The van der Waals surface area contributed by atoms with E-state index in [2.05, 4.69) is 4.90 Å². The van der Waals surface area contributed by atoms with Crippen molar-refractivity contribution >= 4 is 17.5 Å². The number of amides is 2. The first-order valence-electron chi connectivity index (χ1n) is 7.06. The molecule has 6 nitrogen and oxygen atoms in total. The summed E-state index contributed by atoms with van der Waals surface area (Å²) >= 11 is 0. The molecule has 1 fully saturated rings. The van der Waals surface area contributed by atoms with Crippen LogP contribution in [0.15, 0.2) is 24.3 Å². The zero-order valence-corrected chi connectivity index (χ0v) is 12.2. The molecule has 21 heavy (non-hydrogen) atoms. The summed E-state index contributed by atoms with van der Waals surface area (Å²) in [5.41, 5.74) is 6.11. The van der Waals surface area contributed by atoms with E-state index in [4.69, 9.17) is 10.5 Å². The van der Waals surface area contributed by atoms with Gasteiger partial charge in [0.05, 0.1) is 12.8 Å². The lowest BCUT2D eigenvalue weighted by Gasteiger charge is -2.36. The molecule has 1 aliphatic heterocycles. The standard InChI is InChI=1S/C15H21N3O3/c1-21-13-5-3-2-4-12(13)17-8-10-18(11-9-17)15(20)7-6-14(16)19/h2-5H,6-11H2,1H3,(H2,16,19). The average Bonchev–Trinajstić information content (AvgIpc) is 2.52. The van der Waals surface area contributed by atoms with Gasteiger partial charge in [-0.3, -0.25) is 9.59 Å². The number of hydrogen-bond acceptors (Lipinski definition) is 4. The second-order valence-corrected chi connectivity index (χ2v) is 5.01. The first kappa shape index (κ1) is 15.2. The molecule has 0 unspecified atom stereocenters. The highest BCUT2D eigenvalue weighted by Crippen LogP contribution is 2.28. The van der Waals surface area contributed by atoms with E-state index in [9.17, 15) is 9.59 Å². The van der Waals surface area contributed by atoms with Crippen molar-refractivity contribution in [2.75, 3.05) is 38.2 Å². The summed E-state index contributed by atoms with van der Waals surface area (Å²) in [5, 5.41) is 0. The molecular formula is C15H21N3O3. The lowest BCUT2D eigenvalue weighted by atomic mass is 10.2. The molecule has 1 saturated heterocycles. The fourth-order valence-electron chi connectivity index (χ4n) is 2.48. The Balaban J connectivity index is 1.91. The molecule has 0 atom stereocenters. The van der Waals surface area contributed by atoms with Gasteiger partial charge in [0.15, 0.2) is 0 Å². The number of hydrogen-bond donors (Lipinski definition) is 1. The topological polar surface area (TPSA) is 75.9 Å². The van der Waals surface area contributed by atoms with Gasteiger partial charge in [0.1, 0.15) is 5.75 Å². The van der Waals surface area contributed by atoms with Crippen molar-refractivity contribution in [2.24, 2.45) is 5.73 Å². The van der Waals surface area contributed by atoms with Gasteiger partial charge >= 0.3 is 0 Å². The number of piperazine rings is 1. The fraction of sp³-hybridized carbons (Fsp3) is 0.467. The van der Waals surface area contributed by atoms with Crippen LogP contribution in [0.5, 0.6) is 5.75 Å². The van der Waals surface area contributed by atoms with Crippen LogP contribution < -0.4 is 15.4 Å². The molecule has 114 valence electrons. The van der Waals surface area contributed by atoms with Gasteiger partial charge < -0.3 is 20.3 Å². The molecule has 2 amide bonds. The highest BCUT2D eigenvalue weighted by atomic mass is 16.5. The van der Waals surface area contributed by atoms with Crippen LogP contribution in [0.3, 0.4) is 0 Å². The third kappa shape index (κ3) is 3.87. The number of primary amides is 1. The van der Waals surface area contributed by atoms with Crippen molar-refractivity contribution in [1.82, 2.24) is 4.90 Å². The number of para-hydroxylation sites is 2. The second kappa shape index (κ2) is 6.97. The summed E-state index contributed by atoms with van der Waals surface area (Å²) in [6.07, 6.45) is 0.315. The first-order chi connectivity index (χ1) is 10.1. The SMILES string of the molecule is COc1ccccc1N1CCN(C(=O)CCC(N)=O)CC1. The summed E-state index contributed by atoms with van der Waals surface area (Å²) in [7, 11) is 1.66. The molecule has 1 heterocycles. The summed E-state index contributed by atoms with van der Waals surface area (Å²) in [4.78, 5) is 26.7. The largest absolute Gasteiger partial charge is 0.495 e. The smallest absolute Gasteiger partial charge is 0.223 e. The van der Waals surface area contributed by atoms with Crippen molar-refractivity contribution < 1.29 is 14.3 Å². The van der Waals surface area contributed by atoms with Crippen LogP contribution >= 0.6 is 0 Å². The van der Waals surface area contributed by atoms with E-state index >= 15 is 0 Å². The summed E-state index contributed by atoms with van der Waals surface area (Å²) in [6.45, 7) is 2.80. The van der Waals surface area contributed by atoms with Crippen molar-refractivity contribution in [3.8, 4) is 5.75 Å². The summed E-state index contributed by atoms with van der Waals surface area (Å²) in [5.74, 6) is 0.399. The minimum absolute atomic E-state index is 0.00604. The fourth-order valence-corrected chi connectivity index (χ4v) is 2.48. The Bertz CT molecular complexity index is 511. The van der Waals surface area contributed by atoms with E-state index in [1.807, 2.05) is 24.3 Å². The van der Waals surface area contributed by atoms with E-state index < -0.39 is 5.91 Å². The maximum Gasteiger partial charge on any atom is 0.223 e. The number of rotatable bonds is 5. The monoisotopic (exact) mass is 291 g/mol. The highest BCUT2D eigenvalue weighted by Gasteiger charge is 2.22. The maximum absolute atomic E-state index is 11.9. The molecule has 2 N–H and O–H groups in total. The number of carbonyl (C=O) groups excluding carboxylic acids is 2. The van der Waals surface area contributed by atoms with Gasteiger partial charge in [0.25, 0.3) is 0 Å². The zero-order chi connectivity index (χ0) is 15.2. The van der Waals surface area contributed by atoms with E-state index in [1.165, 1.54) is 0 Å². The van der Waals surface area contributed by atoms with Crippen LogP contribution in [-0.2, 0) is 9.59 Å². The third-order valence-corrected chi connectivity index (χ3v) is 3.64. The molecule has 1 aromatic rings. The van der Waals surface area contributed by atoms with Crippen molar-refractivity contribution in [3.05, 3.63) is 24.3 Å². The Morgan fingerprint density at radius 3 is 2.43 bits per heavy atom. The van der Waals surface area contributed by atoms with Crippen molar-refractivity contribution in [2.45, 2.75) is 12.8 Å². The molecule has 0 bridgehead atoms. The van der Waals surface area contributed by atoms with Gasteiger partial charge in [-0.2, -0.15) is 0 Å². The summed E-state index contributed by atoms with van der Waals surface area (Å²) < 4.78 is 5.36. The Hall–Kier alpha value is -2.24. The number of nitrogens with zero attached hydrogens (tertiary/aromatic N) is 2. The van der Waals surface area contributed by atoms with Gasteiger partial charge in [-0.05, 0) is 12.1 Å². The predicted octanol–water partition coefficient (Wildman–Crippen LogP) is 0.609. The van der Waals surface area contributed by atoms with Crippen molar-refractivity contribution in [3.63, 3.8) is 0 Å². The molecule has 0 spiro atoms. The van der Waals surface area contributed by atoms with E-state index in [-0.39, 0.29) is 18.7 Å². The van der Waals surface area contributed by atoms with Gasteiger partial charge in [-0.1, -0.05) is 12.1 Å². The van der Waals surface area contributed by atoms with E-state index in [0.717, 1.165) is 24.5 Å². The molecule has 0 radical (unpaired) electrons. The number of nitrogens with two attached hydrogens (primary N) is 1.